The predicted octanol–water partition coefficient (Wildman–Crippen LogP) is 1.78. The number of anilines is 1. The molecule has 0 atom stereocenters. The summed E-state index contributed by atoms with van der Waals surface area (Å²) in [5.41, 5.74) is 2.65. The zero-order valence-corrected chi connectivity index (χ0v) is 14.4. The number of rotatable bonds is 2. The molecule has 0 radical (unpaired) electrons. The maximum atomic E-state index is 12.4. The number of hydrogen-bond donors (Lipinski definition) is 3. The van der Waals surface area contributed by atoms with Crippen LogP contribution in [0.3, 0.4) is 0 Å². The minimum Gasteiger partial charge on any atom is -0.478 e. The quantitative estimate of drug-likeness (QED) is 0.543. The number of aromatic carboxylic acids is 1. The van der Waals surface area contributed by atoms with E-state index in [1.807, 2.05) is 0 Å². The van der Waals surface area contributed by atoms with Gasteiger partial charge in [0.25, 0.3) is 16.0 Å². The standard InChI is InChI=1S/C17H14N2O6S/c1-8-6-10(17(21)22)13(18-8)7-11-15-9-4-5-25-26(23,24)14(9)3-2-12(15)19-16(11)20/h2-3,6-7,18H,4-5H2,1H3,(H,19,20)(H,21,22)/b11-7-. The molecular formula is C17H14N2O6S. The minimum absolute atomic E-state index is 0.00472. The molecule has 0 unspecified atom stereocenters. The van der Waals surface area contributed by atoms with Gasteiger partial charge >= 0.3 is 5.97 Å². The summed E-state index contributed by atoms with van der Waals surface area (Å²) in [5, 5.41) is 12.0. The van der Waals surface area contributed by atoms with Crippen LogP contribution in [0.15, 0.2) is 23.1 Å². The number of carbonyl (C=O) groups excluding carboxylic acids is 1. The van der Waals surface area contributed by atoms with Crippen molar-refractivity contribution in [3.63, 3.8) is 0 Å². The van der Waals surface area contributed by atoms with Gasteiger partial charge in [0.05, 0.1) is 28.3 Å². The van der Waals surface area contributed by atoms with E-state index in [1.165, 1.54) is 24.3 Å². The molecular weight excluding hydrogens is 360 g/mol. The SMILES string of the molecule is Cc1cc(C(=O)O)c(/C=C2\C(=O)Nc3ccc4c(c32)CCOS4(=O)=O)[nH]1. The fraction of sp³-hybridized carbons (Fsp3) is 0.176. The van der Waals surface area contributed by atoms with Gasteiger partial charge in [-0.3, -0.25) is 8.98 Å². The Hall–Kier alpha value is -2.91. The van der Waals surface area contributed by atoms with Gasteiger partial charge in [-0.1, -0.05) is 0 Å². The number of aromatic nitrogens is 1. The molecule has 9 heteroatoms. The van der Waals surface area contributed by atoms with Crippen LogP contribution in [0.5, 0.6) is 0 Å². The van der Waals surface area contributed by atoms with Crippen molar-refractivity contribution in [2.45, 2.75) is 18.2 Å². The first-order valence-corrected chi connectivity index (χ1v) is 9.20. The van der Waals surface area contributed by atoms with E-state index >= 15 is 0 Å². The van der Waals surface area contributed by atoms with Gasteiger partial charge in [-0.25, -0.2) is 4.79 Å². The van der Waals surface area contributed by atoms with Gasteiger partial charge in [0.15, 0.2) is 0 Å². The van der Waals surface area contributed by atoms with Crippen molar-refractivity contribution in [1.29, 1.82) is 0 Å². The fourth-order valence-corrected chi connectivity index (χ4v) is 4.50. The molecule has 4 rings (SSSR count). The summed E-state index contributed by atoms with van der Waals surface area (Å²) in [5.74, 6) is -1.54. The molecule has 26 heavy (non-hydrogen) atoms. The van der Waals surface area contributed by atoms with Crippen LogP contribution in [-0.4, -0.2) is 37.0 Å². The number of fused-ring (bicyclic) bond motifs is 3. The number of H-pyrrole nitrogens is 1. The van der Waals surface area contributed by atoms with Crippen LogP contribution < -0.4 is 5.32 Å². The maximum absolute atomic E-state index is 12.4. The number of carboxylic acids is 1. The van der Waals surface area contributed by atoms with E-state index < -0.39 is 22.0 Å². The van der Waals surface area contributed by atoms with Gasteiger partial charge in [0, 0.05) is 16.9 Å². The third-order valence-corrected chi connectivity index (χ3v) is 5.79. The highest BCUT2D eigenvalue weighted by Gasteiger charge is 2.34. The van der Waals surface area contributed by atoms with E-state index in [2.05, 4.69) is 10.3 Å². The van der Waals surface area contributed by atoms with Crippen LogP contribution in [0, 0.1) is 6.92 Å². The lowest BCUT2D eigenvalue weighted by Crippen LogP contribution is -2.19. The smallest absolute Gasteiger partial charge is 0.337 e. The normalized spacial score (nSPS) is 19.1. The summed E-state index contributed by atoms with van der Waals surface area (Å²) in [6, 6.07) is 4.39. The number of aryl methyl sites for hydroxylation is 1. The molecule has 0 aliphatic carbocycles. The van der Waals surface area contributed by atoms with Crippen LogP contribution in [-0.2, 0) is 25.5 Å². The number of amides is 1. The lowest BCUT2D eigenvalue weighted by molar-refractivity contribution is -0.110. The van der Waals surface area contributed by atoms with Gasteiger partial charge < -0.3 is 15.4 Å². The van der Waals surface area contributed by atoms with Crippen LogP contribution in [0.2, 0.25) is 0 Å². The van der Waals surface area contributed by atoms with Crippen molar-refractivity contribution >= 4 is 39.3 Å². The monoisotopic (exact) mass is 374 g/mol. The number of benzene rings is 1. The zero-order valence-electron chi connectivity index (χ0n) is 13.6. The second kappa shape index (κ2) is 5.55. The van der Waals surface area contributed by atoms with Gasteiger partial charge in [0.1, 0.15) is 0 Å². The molecule has 2 aromatic rings. The molecule has 1 aromatic heterocycles. The average Bonchev–Trinajstić information content (AvgIpc) is 3.08. The van der Waals surface area contributed by atoms with Crippen molar-refractivity contribution in [2.24, 2.45) is 0 Å². The first kappa shape index (κ1) is 16.6. The van der Waals surface area contributed by atoms with Crippen LogP contribution >= 0.6 is 0 Å². The molecule has 0 bridgehead atoms. The van der Waals surface area contributed by atoms with E-state index in [1.54, 1.807) is 6.92 Å². The van der Waals surface area contributed by atoms with E-state index in [-0.39, 0.29) is 28.3 Å². The third-order valence-electron chi connectivity index (χ3n) is 4.39. The molecule has 0 spiro atoms. The zero-order chi connectivity index (χ0) is 18.6. The van der Waals surface area contributed by atoms with Crippen molar-refractivity contribution < 1.29 is 27.3 Å². The molecule has 1 aromatic carbocycles. The highest BCUT2D eigenvalue weighted by molar-refractivity contribution is 7.86. The molecule has 8 nitrogen and oxygen atoms in total. The summed E-state index contributed by atoms with van der Waals surface area (Å²) in [6.07, 6.45) is 1.78. The lowest BCUT2D eigenvalue weighted by Gasteiger charge is -2.19. The second-order valence-electron chi connectivity index (χ2n) is 6.09. The van der Waals surface area contributed by atoms with Crippen molar-refractivity contribution in [3.05, 3.63) is 46.3 Å². The summed E-state index contributed by atoms with van der Waals surface area (Å²) in [6.45, 7) is 1.71. The minimum atomic E-state index is -3.86. The Morgan fingerprint density at radius 1 is 1.35 bits per heavy atom. The Morgan fingerprint density at radius 3 is 2.85 bits per heavy atom. The highest BCUT2D eigenvalue weighted by atomic mass is 32.2. The maximum Gasteiger partial charge on any atom is 0.337 e. The Morgan fingerprint density at radius 2 is 2.12 bits per heavy atom. The van der Waals surface area contributed by atoms with Gasteiger partial charge in [-0.05, 0) is 43.2 Å². The largest absolute Gasteiger partial charge is 0.478 e. The van der Waals surface area contributed by atoms with Gasteiger partial charge in [-0.2, -0.15) is 8.42 Å². The Balaban J connectivity index is 1.95. The first-order chi connectivity index (χ1) is 12.3. The second-order valence-corrected chi connectivity index (χ2v) is 7.67. The van der Waals surface area contributed by atoms with Crippen molar-refractivity contribution in [3.8, 4) is 0 Å². The van der Waals surface area contributed by atoms with E-state index in [9.17, 15) is 23.1 Å². The molecule has 2 aliphatic heterocycles. The number of carboxylic acid groups (broad SMARTS) is 1. The number of hydrogen-bond acceptors (Lipinski definition) is 5. The first-order valence-electron chi connectivity index (χ1n) is 7.79. The average molecular weight is 374 g/mol. The molecule has 0 fully saturated rings. The Labute approximate surface area is 148 Å². The number of nitrogens with one attached hydrogen (secondary N) is 2. The summed E-state index contributed by atoms with van der Waals surface area (Å²) >= 11 is 0. The van der Waals surface area contributed by atoms with Crippen molar-refractivity contribution in [1.82, 2.24) is 4.98 Å². The number of aromatic amines is 1. The lowest BCUT2D eigenvalue weighted by atomic mass is 9.97. The third kappa shape index (κ3) is 2.44. The molecule has 1 amide bonds. The van der Waals surface area contributed by atoms with Crippen LogP contribution in [0.25, 0.3) is 11.6 Å². The highest BCUT2D eigenvalue weighted by Crippen LogP contribution is 2.40. The topological polar surface area (TPSA) is 126 Å². The van der Waals surface area contributed by atoms with Gasteiger partial charge in [-0.15, -0.1) is 0 Å². The molecule has 3 N–H and O–H groups in total. The van der Waals surface area contributed by atoms with Crippen LogP contribution in [0.1, 0.15) is 32.9 Å². The molecule has 3 heterocycles. The van der Waals surface area contributed by atoms with Crippen LogP contribution in [0.4, 0.5) is 5.69 Å². The Bertz CT molecular complexity index is 1110. The Kier molecular flexibility index (Phi) is 3.53. The molecule has 134 valence electrons. The van der Waals surface area contributed by atoms with E-state index in [0.29, 0.717) is 28.9 Å². The fourth-order valence-electron chi connectivity index (χ4n) is 3.33. The van der Waals surface area contributed by atoms with Gasteiger partial charge in [0.2, 0.25) is 0 Å². The number of carbonyl (C=O) groups is 2. The van der Waals surface area contributed by atoms with E-state index in [0.717, 1.165) is 0 Å². The van der Waals surface area contributed by atoms with Crippen molar-refractivity contribution in [2.75, 3.05) is 11.9 Å². The molecule has 0 saturated heterocycles. The summed E-state index contributed by atoms with van der Waals surface area (Å²) in [7, 11) is -3.86. The molecule has 2 aliphatic rings. The predicted molar refractivity (Wildman–Crippen MR) is 92.3 cm³/mol. The van der Waals surface area contributed by atoms with E-state index in [4.69, 9.17) is 4.18 Å². The summed E-state index contributed by atoms with van der Waals surface area (Å²) < 4.78 is 29.1. The summed E-state index contributed by atoms with van der Waals surface area (Å²) in [4.78, 5) is 26.8. The molecule has 0 saturated carbocycles.